The highest BCUT2D eigenvalue weighted by molar-refractivity contribution is 5.34. The molecule has 18 heavy (non-hydrogen) atoms. The number of nitrogens with zero attached hydrogens (tertiary/aromatic N) is 4. The Bertz CT molecular complexity index is 360. The lowest BCUT2D eigenvalue weighted by Gasteiger charge is -2.32. The van der Waals surface area contributed by atoms with Crippen molar-refractivity contribution in [2.45, 2.75) is 13.3 Å². The summed E-state index contributed by atoms with van der Waals surface area (Å²) in [5.41, 5.74) is 1.09. The lowest BCUT2D eigenvalue weighted by Crippen LogP contribution is -2.45. The largest absolute Gasteiger partial charge is 0.369 e. The molecule has 2 rings (SSSR count). The lowest BCUT2D eigenvalue weighted by molar-refractivity contribution is 0.158. The molecule has 1 fully saturated rings. The Balaban J connectivity index is 1.71. The molecule has 0 spiro atoms. The molecule has 100 valence electrons. The zero-order valence-corrected chi connectivity index (χ0v) is 11.4. The fourth-order valence-electron chi connectivity index (χ4n) is 2.10. The first-order chi connectivity index (χ1) is 8.78. The number of anilines is 1. The van der Waals surface area contributed by atoms with Crippen molar-refractivity contribution in [3.63, 3.8) is 0 Å². The van der Waals surface area contributed by atoms with E-state index in [0.29, 0.717) is 0 Å². The molecule has 5 nitrogen and oxygen atoms in total. The van der Waals surface area contributed by atoms with Crippen LogP contribution in [-0.4, -0.2) is 66.1 Å². The van der Waals surface area contributed by atoms with Gasteiger partial charge >= 0.3 is 0 Å². The monoisotopic (exact) mass is 249 g/mol. The fourth-order valence-corrected chi connectivity index (χ4v) is 2.10. The summed E-state index contributed by atoms with van der Waals surface area (Å²) < 4.78 is 0. The third-order valence-electron chi connectivity index (χ3n) is 3.42. The van der Waals surface area contributed by atoms with Crippen molar-refractivity contribution in [1.29, 1.82) is 0 Å². The van der Waals surface area contributed by atoms with E-state index in [-0.39, 0.29) is 0 Å². The number of nitrogens with one attached hydrogen (secondary N) is 1. The topological polar surface area (TPSA) is 44.3 Å². The van der Waals surface area contributed by atoms with E-state index in [0.717, 1.165) is 31.0 Å². The van der Waals surface area contributed by atoms with Crippen LogP contribution in [0.25, 0.3) is 0 Å². The molecular weight excluding hydrogens is 226 g/mol. The number of hydrogen-bond acceptors (Lipinski definition) is 5. The Morgan fingerprint density at radius 3 is 2.72 bits per heavy atom. The molecule has 0 amide bonds. The molecular formula is C13H23N5. The van der Waals surface area contributed by atoms with Gasteiger partial charge < -0.3 is 10.2 Å². The molecule has 1 saturated heterocycles. The second kappa shape index (κ2) is 6.66. The van der Waals surface area contributed by atoms with Crippen molar-refractivity contribution in [2.24, 2.45) is 0 Å². The highest BCUT2D eigenvalue weighted by Crippen LogP contribution is 2.04. The Kier molecular flexibility index (Phi) is 4.90. The van der Waals surface area contributed by atoms with Crippen LogP contribution in [0.3, 0.4) is 0 Å². The summed E-state index contributed by atoms with van der Waals surface area (Å²) in [6, 6.07) is 2.03. The van der Waals surface area contributed by atoms with Gasteiger partial charge in [-0.15, -0.1) is 0 Å². The van der Waals surface area contributed by atoms with Gasteiger partial charge in [-0.1, -0.05) is 6.92 Å². The van der Waals surface area contributed by atoms with Crippen molar-refractivity contribution in [2.75, 3.05) is 51.6 Å². The highest BCUT2D eigenvalue weighted by atomic mass is 15.2. The van der Waals surface area contributed by atoms with Gasteiger partial charge in [0.15, 0.2) is 0 Å². The molecule has 0 bridgehead atoms. The average molecular weight is 249 g/mol. The van der Waals surface area contributed by atoms with E-state index < -0.39 is 0 Å². The standard InChI is InChI=1S/C13H23N5/c1-3-12-10-13(16-11-15-12)14-4-5-18-8-6-17(2)7-9-18/h10-11H,3-9H2,1-2H3,(H,14,15,16). The first-order valence-electron chi connectivity index (χ1n) is 6.73. The van der Waals surface area contributed by atoms with Crippen LogP contribution in [0.4, 0.5) is 5.82 Å². The maximum atomic E-state index is 4.23. The molecule has 0 atom stereocenters. The van der Waals surface area contributed by atoms with Crippen LogP contribution in [0.2, 0.25) is 0 Å². The summed E-state index contributed by atoms with van der Waals surface area (Å²) in [5.74, 6) is 0.941. The molecule has 0 unspecified atom stereocenters. The molecule has 1 aromatic heterocycles. The average Bonchev–Trinajstić information content (AvgIpc) is 2.41. The predicted octanol–water partition coefficient (Wildman–Crippen LogP) is 0.698. The molecule has 1 aromatic rings. The van der Waals surface area contributed by atoms with Gasteiger partial charge in [0.25, 0.3) is 0 Å². The summed E-state index contributed by atoms with van der Waals surface area (Å²) in [6.07, 6.45) is 2.59. The van der Waals surface area contributed by atoms with Crippen LogP contribution in [0.1, 0.15) is 12.6 Å². The molecule has 0 aliphatic carbocycles. The van der Waals surface area contributed by atoms with Crippen molar-refractivity contribution in [1.82, 2.24) is 19.8 Å². The smallest absolute Gasteiger partial charge is 0.129 e. The summed E-state index contributed by atoms with van der Waals surface area (Å²) in [6.45, 7) is 8.82. The van der Waals surface area contributed by atoms with E-state index in [1.54, 1.807) is 6.33 Å². The van der Waals surface area contributed by atoms with Gasteiger partial charge in [0.2, 0.25) is 0 Å². The Hall–Kier alpha value is -1.20. The van der Waals surface area contributed by atoms with Crippen LogP contribution in [0, 0.1) is 0 Å². The summed E-state index contributed by atoms with van der Waals surface area (Å²) in [5, 5.41) is 3.37. The summed E-state index contributed by atoms with van der Waals surface area (Å²) in [4.78, 5) is 13.3. The number of aryl methyl sites for hydroxylation is 1. The van der Waals surface area contributed by atoms with Crippen LogP contribution in [0.5, 0.6) is 0 Å². The molecule has 0 radical (unpaired) electrons. The Morgan fingerprint density at radius 2 is 2.00 bits per heavy atom. The van der Waals surface area contributed by atoms with Gasteiger partial charge in [0.1, 0.15) is 12.1 Å². The van der Waals surface area contributed by atoms with E-state index in [4.69, 9.17) is 0 Å². The first-order valence-corrected chi connectivity index (χ1v) is 6.73. The zero-order chi connectivity index (χ0) is 12.8. The number of likely N-dealkylation sites (N-methyl/N-ethyl adjacent to an activating group) is 1. The minimum Gasteiger partial charge on any atom is -0.369 e. The fraction of sp³-hybridized carbons (Fsp3) is 0.692. The minimum atomic E-state index is 0.941. The molecule has 1 N–H and O–H groups in total. The van der Waals surface area contributed by atoms with Gasteiger partial charge in [-0.25, -0.2) is 9.97 Å². The normalized spacial score (nSPS) is 17.9. The van der Waals surface area contributed by atoms with E-state index in [1.165, 1.54) is 26.2 Å². The molecule has 5 heteroatoms. The predicted molar refractivity (Wildman–Crippen MR) is 73.8 cm³/mol. The van der Waals surface area contributed by atoms with Crippen LogP contribution >= 0.6 is 0 Å². The number of hydrogen-bond donors (Lipinski definition) is 1. The quantitative estimate of drug-likeness (QED) is 0.832. The Labute approximate surface area is 109 Å². The Morgan fingerprint density at radius 1 is 1.22 bits per heavy atom. The highest BCUT2D eigenvalue weighted by Gasteiger charge is 2.12. The number of rotatable bonds is 5. The lowest BCUT2D eigenvalue weighted by atomic mass is 10.3. The van der Waals surface area contributed by atoms with Gasteiger partial charge in [-0.2, -0.15) is 0 Å². The molecule has 0 aromatic carbocycles. The van der Waals surface area contributed by atoms with Gasteiger partial charge in [-0.3, -0.25) is 4.90 Å². The maximum Gasteiger partial charge on any atom is 0.129 e. The van der Waals surface area contributed by atoms with Gasteiger partial charge in [0.05, 0.1) is 0 Å². The second-order valence-electron chi connectivity index (χ2n) is 4.82. The van der Waals surface area contributed by atoms with Crippen molar-refractivity contribution < 1.29 is 0 Å². The van der Waals surface area contributed by atoms with Crippen LogP contribution in [-0.2, 0) is 6.42 Å². The molecule has 1 aliphatic heterocycles. The van der Waals surface area contributed by atoms with Gasteiger partial charge in [-0.05, 0) is 13.5 Å². The van der Waals surface area contributed by atoms with Crippen molar-refractivity contribution in [3.05, 3.63) is 18.1 Å². The van der Waals surface area contributed by atoms with Crippen molar-refractivity contribution in [3.8, 4) is 0 Å². The van der Waals surface area contributed by atoms with Gasteiger partial charge in [0, 0.05) is 51.0 Å². The third-order valence-corrected chi connectivity index (χ3v) is 3.42. The molecule has 1 aliphatic rings. The zero-order valence-electron chi connectivity index (χ0n) is 11.4. The van der Waals surface area contributed by atoms with E-state index in [1.807, 2.05) is 6.07 Å². The maximum absolute atomic E-state index is 4.23. The molecule has 0 saturated carbocycles. The summed E-state index contributed by atoms with van der Waals surface area (Å²) >= 11 is 0. The number of aromatic nitrogens is 2. The van der Waals surface area contributed by atoms with Crippen LogP contribution < -0.4 is 5.32 Å². The van der Waals surface area contributed by atoms with E-state index >= 15 is 0 Å². The van der Waals surface area contributed by atoms with E-state index in [2.05, 4.69) is 39.1 Å². The third kappa shape index (κ3) is 3.92. The van der Waals surface area contributed by atoms with Crippen molar-refractivity contribution >= 4 is 5.82 Å². The SMILES string of the molecule is CCc1cc(NCCN2CCN(C)CC2)ncn1. The molecule has 2 heterocycles. The summed E-state index contributed by atoms with van der Waals surface area (Å²) in [7, 11) is 2.18. The second-order valence-corrected chi connectivity index (χ2v) is 4.82. The first kappa shape index (κ1) is 13.2. The minimum absolute atomic E-state index is 0.941. The van der Waals surface area contributed by atoms with E-state index in [9.17, 15) is 0 Å². The van der Waals surface area contributed by atoms with Crippen LogP contribution in [0.15, 0.2) is 12.4 Å². The number of piperazine rings is 1.